The van der Waals surface area contributed by atoms with Gasteiger partial charge < -0.3 is 5.11 Å². The first-order valence-electron chi connectivity index (χ1n) is 8.11. The van der Waals surface area contributed by atoms with E-state index in [1.807, 2.05) is 0 Å². The van der Waals surface area contributed by atoms with Gasteiger partial charge in [0.25, 0.3) is 0 Å². The SMILES string of the molecule is Cc1ccc(CN2C(C(=O)O)CC3CCCCC32)cc1C. The summed E-state index contributed by atoms with van der Waals surface area (Å²) in [5.41, 5.74) is 3.83. The molecule has 21 heavy (non-hydrogen) atoms. The second-order valence-electron chi connectivity index (χ2n) is 6.79. The molecule has 0 radical (unpaired) electrons. The topological polar surface area (TPSA) is 40.5 Å². The highest BCUT2D eigenvalue weighted by Crippen LogP contribution is 2.40. The van der Waals surface area contributed by atoms with Crippen molar-refractivity contribution in [2.45, 2.75) is 64.6 Å². The second-order valence-corrected chi connectivity index (χ2v) is 6.79. The minimum atomic E-state index is -0.645. The highest BCUT2D eigenvalue weighted by Gasteiger charge is 2.44. The Kier molecular flexibility index (Phi) is 4.03. The van der Waals surface area contributed by atoms with Gasteiger partial charge in [0.1, 0.15) is 6.04 Å². The third kappa shape index (κ3) is 2.84. The van der Waals surface area contributed by atoms with Crippen molar-refractivity contribution < 1.29 is 9.90 Å². The third-order valence-corrected chi connectivity index (χ3v) is 5.44. The van der Waals surface area contributed by atoms with E-state index in [9.17, 15) is 9.90 Å². The van der Waals surface area contributed by atoms with E-state index in [-0.39, 0.29) is 6.04 Å². The molecule has 0 aromatic heterocycles. The van der Waals surface area contributed by atoms with Gasteiger partial charge in [0.05, 0.1) is 0 Å². The number of carboxylic acid groups (broad SMARTS) is 1. The first kappa shape index (κ1) is 14.6. The van der Waals surface area contributed by atoms with E-state index in [4.69, 9.17) is 0 Å². The van der Waals surface area contributed by atoms with Gasteiger partial charge in [-0.25, -0.2) is 0 Å². The molecule has 3 unspecified atom stereocenters. The average molecular weight is 287 g/mol. The van der Waals surface area contributed by atoms with E-state index in [1.54, 1.807) is 0 Å². The number of benzene rings is 1. The largest absolute Gasteiger partial charge is 0.480 e. The molecule has 3 heteroatoms. The summed E-state index contributed by atoms with van der Waals surface area (Å²) in [4.78, 5) is 13.9. The molecule has 1 heterocycles. The van der Waals surface area contributed by atoms with Crippen LogP contribution in [-0.4, -0.2) is 28.1 Å². The number of carbonyl (C=O) groups is 1. The maximum absolute atomic E-state index is 11.6. The predicted octanol–water partition coefficient (Wildman–Crippen LogP) is 3.52. The maximum Gasteiger partial charge on any atom is 0.320 e. The molecule has 1 aromatic rings. The van der Waals surface area contributed by atoms with Crippen LogP contribution in [0.25, 0.3) is 0 Å². The predicted molar refractivity (Wildman–Crippen MR) is 83.2 cm³/mol. The quantitative estimate of drug-likeness (QED) is 0.924. The standard InChI is InChI=1S/C18H25NO2/c1-12-7-8-14(9-13(12)2)11-19-16-6-4-3-5-15(16)10-17(19)18(20)21/h7-9,15-17H,3-6,10-11H2,1-2H3,(H,20,21). The summed E-state index contributed by atoms with van der Waals surface area (Å²) in [6, 6.07) is 6.69. The molecule has 2 aliphatic rings. The third-order valence-electron chi connectivity index (χ3n) is 5.44. The molecule has 0 spiro atoms. The molecular weight excluding hydrogens is 262 g/mol. The van der Waals surface area contributed by atoms with Gasteiger partial charge in [-0.1, -0.05) is 31.0 Å². The molecule has 1 N–H and O–H groups in total. The molecule has 3 rings (SSSR count). The molecule has 114 valence electrons. The fourth-order valence-electron chi connectivity index (χ4n) is 4.14. The van der Waals surface area contributed by atoms with Crippen LogP contribution in [0.15, 0.2) is 18.2 Å². The fraction of sp³-hybridized carbons (Fsp3) is 0.611. The Morgan fingerprint density at radius 1 is 1.24 bits per heavy atom. The van der Waals surface area contributed by atoms with Crippen molar-refractivity contribution in [3.63, 3.8) is 0 Å². The molecule has 0 amide bonds. The van der Waals surface area contributed by atoms with Gasteiger partial charge >= 0.3 is 5.97 Å². The number of fused-ring (bicyclic) bond motifs is 1. The smallest absolute Gasteiger partial charge is 0.320 e. The highest BCUT2D eigenvalue weighted by molar-refractivity contribution is 5.74. The average Bonchev–Trinajstić information content (AvgIpc) is 2.82. The van der Waals surface area contributed by atoms with Crippen molar-refractivity contribution >= 4 is 5.97 Å². The second kappa shape index (κ2) is 5.80. The monoisotopic (exact) mass is 287 g/mol. The van der Waals surface area contributed by atoms with E-state index in [1.165, 1.54) is 42.4 Å². The van der Waals surface area contributed by atoms with Crippen LogP contribution in [0.3, 0.4) is 0 Å². The van der Waals surface area contributed by atoms with E-state index in [2.05, 4.69) is 36.9 Å². The normalized spacial score (nSPS) is 29.3. The summed E-state index contributed by atoms with van der Waals surface area (Å²) in [6.07, 6.45) is 5.73. The van der Waals surface area contributed by atoms with Gasteiger partial charge in [0.15, 0.2) is 0 Å². The zero-order chi connectivity index (χ0) is 15.0. The molecule has 1 saturated carbocycles. The Morgan fingerprint density at radius 3 is 2.71 bits per heavy atom. The first-order valence-corrected chi connectivity index (χ1v) is 8.11. The molecule has 1 aromatic carbocycles. The Labute approximate surface area is 127 Å². The van der Waals surface area contributed by atoms with Crippen molar-refractivity contribution in [1.82, 2.24) is 4.90 Å². The molecule has 3 nitrogen and oxygen atoms in total. The van der Waals surface area contributed by atoms with Crippen molar-refractivity contribution in [2.24, 2.45) is 5.92 Å². The number of aliphatic carboxylic acids is 1. The fourth-order valence-corrected chi connectivity index (χ4v) is 4.14. The van der Waals surface area contributed by atoms with Gasteiger partial charge in [0.2, 0.25) is 0 Å². The number of carboxylic acids is 1. The van der Waals surface area contributed by atoms with Gasteiger partial charge in [-0.2, -0.15) is 0 Å². The van der Waals surface area contributed by atoms with Crippen LogP contribution in [0.1, 0.15) is 48.8 Å². The van der Waals surface area contributed by atoms with Gasteiger partial charge in [0, 0.05) is 12.6 Å². The molecule has 1 saturated heterocycles. The van der Waals surface area contributed by atoms with Crippen LogP contribution in [0.2, 0.25) is 0 Å². The summed E-state index contributed by atoms with van der Waals surface area (Å²) in [5.74, 6) is -0.0559. The molecule has 2 fully saturated rings. The minimum absolute atomic E-state index is 0.292. The first-order chi connectivity index (χ1) is 10.1. The van der Waals surface area contributed by atoms with Crippen LogP contribution in [-0.2, 0) is 11.3 Å². The van der Waals surface area contributed by atoms with Gasteiger partial charge in [-0.15, -0.1) is 0 Å². The van der Waals surface area contributed by atoms with Crippen molar-refractivity contribution in [1.29, 1.82) is 0 Å². The lowest BCUT2D eigenvalue weighted by molar-refractivity contribution is -0.142. The maximum atomic E-state index is 11.6. The summed E-state index contributed by atoms with van der Waals surface area (Å²) in [6.45, 7) is 5.02. The van der Waals surface area contributed by atoms with E-state index in [0.717, 1.165) is 13.0 Å². The zero-order valence-electron chi connectivity index (χ0n) is 13.0. The zero-order valence-corrected chi connectivity index (χ0v) is 13.0. The van der Waals surface area contributed by atoms with Crippen LogP contribution in [0, 0.1) is 19.8 Å². The van der Waals surface area contributed by atoms with Crippen molar-refractivity contribution in [3.8, 4) is 0 Å². The number of likely N-dealkylation sites (tertiary alicyclic amines) is 1. The Hall–Kier alpha value is -1.35. The Bertz CT molecular complexity index is 540. The number of hydrogen-bond donors (Lipinski definition) is 1. The number of hydrogen-bond acceptors (Lipinski definition) is 2. The summed E-state index contributed by atoms with van der Waals surface area (Å²) < 4.78 is 0. The lowest BCUT2D eigenvalue weighted by Gasteiger charge is -2.33. The number of nitrogens with zero attached hydrogens (tertiary/aromatic N) is 1. The number of aryl methyl sites for hydroxylation is 2. The lowest BCUT2D eigenvalue weighted by atomic mass is 9.84. The van der Waals surface area contributed by atoms with Crippen molar-refractivity contribution in [2.75, 3.05) is 0 Å². The van der Waals surface area contributed by atoms with Gasteiger partial charge in [-0.05, 0) is 55.7 Å². The van der Waals surface area contributed by atoms with Crippen LogP contribution in [0.4, 0.5) is 0 Å². The molecular formula is C18H25NO2. The molecule has 1 aliphatic carbocycles. The molecule has 0 bridgehead atoms. The van der Waals surface area contributed by atoms with Gasteiger partial charge in [-0.3, -0.25) is 9.69 Å². The van der Waals surface area contributed by atoms with Crippen LogP contribution < -0.4 is 0 Å². The lowest BCUT2D eigenvalue weighted by Crippen LogP contribution is -2.41. The Balaban J connectivity index is 1.82. The molecule has 3 atom stereocenters. The summed E-state index contributed by atoms with van der Waals surface area (Å²) in [5, 5.41) is 9.57. The summed E-state index contributed by atoms with van der Waals surface area (Å²) in [7, 11) is 0. The number of rotatable bonds is 3. The van der Waals surface area contributed by atoms with Crippen molar-refractivity contribution in [3.05, 3.63) is 34.9 Å². The Morgan fingerprint density at radius 2 is 2.00 bits per heavy atom. The van der Waals surface area contributed by atoms with Crippen LogP contribution in [0.5, 0.6) is 0 Å². The molecule has 1 aliphatic heterocycles. The minimum Gasteiger partial charge on any atom is -0.480 e. The van der Waals surface area contributed by atoms with E-state index in [0.29, 0.717) is 12.0 Å². The highest BCUT2D eigenvalue weighted by atomic mass is 16.4. The van der Waals surface area contributed by atoms with E-state index >= 15 is 0 Å². The summed E-state index contributed by atoms with van der Waals surface area (Å²) >= 11 is 0. The van der Waals surface area contributed by atoms with Crippen LogP contribution >= 0.6 is 0 Å². The van der Waals surface area contributed by atoms with E-state index < -0.39 is 5.97 Å².